The molecule has 0 aromatic carbocycles. The second-order valence-electron chi connectivity index (χ2n) is 0.312. The third-order valence-corrected chi connectivity index (χ3v) is 0.224. The van der Waals surface area contributed by atoms with Crippen molar-refractivity contribution in [1.29, 1.82) is 0 Å². The van der Waals surface area contributed by atoms with Gasteiger partial charge in [-0.15, -0.1) is 0 Å². The third-order valence-electron chi connectivity index (χ3n) is 0.0745. The Bertz CT molecular complexity index is 23.6. The van der Waals surface area contributed by atoms with Crippen molar-refractivity contribution in [2.75, 3.05) is 6.06 Å². The average molecular weight is 87.9 g/mol. The van der Waals surface area contributed by atoms with Crippen molar-refractivity contribution in [2.24, 2.45) is 0 Å². The van der Waals surface area contributed by atoms with Crippen LogP contribution in [0.15, 0.2) is 0 Å². The lowest BCUT2D eigenvalue weighted by molar-refractivity contribution is 0.601. The van der Waals surface area contributed by atoms with Gasteiger partial charge in [-0.05, 0) is 6.06 Å². The Morgan fingerprint density at radius 1 is 1.80 bits per heavy atom. The van der Waals surface area contributed by atoms with Crippen LogP contribution in [-0.2, 0) is 4.57 Å². The molecule has 1 nitrogen and oxygen atoms in total. The average Bonchev–Trinajstić information content (AvgIpc) is 1.37. The highest BCUT2D eigenvalue weighted by atomic mass is 31.1. The molecule has 0 fully saturated rings. The highest BCUT2D eigenvalue weighted by Gasteiger charge is 1.55. The standard InChI is InChI=1S/CH2BOP.CH4/c2-1-4-3;/h1H2;1H4. The van der Waals surface area contributed by atoms with Crippen molar-refractivity contribution in [1.82, 2.24) is 0 Å². The summed E-state index contributed by atoms with van der Waals surface area (Å²) in [5.74, 6) is 0. The van der Waals surface area contributed by atoms with E-state index >= 15 is 0 Å². The van der Waals surface area contributed by atoms with Crippen LogP contribution in [0.2, 0.25) is 0 Å². The summed E-state index contributed by atoms with van der Waals surface area (Å²) >= 11 is 0. The van der Waals surface area contributed by atoms with Gasteiger partial charge in [0.1, 0.15) is 8.46 Å². The largest absolute Gasteiger partial charge is 0.276 e. The maximum atomic E-state index is 9.15. The Balaban J connectivity index is 0. The molecule has 28 valence electrons. The minimum atomic E-state index is 0. The summed E-state index contributed by atoms with van der Waals surface area (Å²) in [4.78, 5) is 0. The van der Waals surface area contributed by atoms with Crippen molar-refractivity contribution < 1.29 is 4.57 Å². The van der Waals surface area contributed by atoms with Gasteiger partial charge in [-0.1, -0.05) is 7.43 Å². The van der Waals surface area contributed by atoms with Crippen molar-refractivity contribution >= 4 is 16.3 Å². The summed E-state index contributed by atoms with van der Waals surface area (Å²) in [7, 11) is 4.73. The topological polar surface area (TPSA) is 17.1 Å². The molecule has 0 saturated carbocycles. The lowest BCUT2D eigenvalue weighted by Gasteiger charge is -1.48. The van der Waals surface area contributed by atoms with E-state index in [0.717, 1.165) is 0 Å². The molecule has 3 heteroatoms. The predicted octanol–water partition coefficient (Wildman–Crippen LogP) is 1.04. The number of hydrogen-bond donors (Lipinski definition) is 0. The molecule has 0 aliphatic rings. The smallest absolute Gasteiger partial charge is 0.145 e. The molecule has 0 spiro atoms. The summed E-state index contributed by atoms with van der Waals surface area (Å²) in [6.07, 6.45) is 0. The maximum Gasteiger partial charge on any atom is 0.145 e. The molecule has 0 aromatic heterocycles. The zero-order chi connectivity index (χ0) is 3.41. The van der Waals surface area contributed by atoms with Gasteiger partial charge in [0.15, 0.2) is 0 Å². The van der Waals surface area contributed by atoms with Gasteiger partial charge in [-0.2, -0.15) is 0 Å². The molecule has 2 radical (unpaired) electrons. The van der Waals surface area contributed by atoms with E-state index in [2.05, 4.69) is 0 Å². The van der Waals surface area contributed by atoms with E-state index in [0.29, 0.717) is 0 Å². The molecular weight excluding hydrogens is 81.8 g/mol. The van der Waals surface area contributed by atoms with E-state index in [1.165, 1.54) is 0 Å². The van der Waals surface area contributed by atoms with Crippen LogP contribution in [0.1, 0.15) is 7.43 Å². The monoisotopic (exact) mass is 88.0 g/mol. The van der Waals surface area contributed by atoms with Crippen LogP contribution in [-0.4, -0.2) is 13.9 Å². The van der Waals surface area contributed by atoms with Crippen molar-refractivity contribution in [3.05, 3.63) is 0 Å². The minimum Gasteiger partial charge on any atom is -0.276 e. The molecule has 0 saturated heterocycles. The Hall–Kier alpha value is 0.165. The molecule has 0 aromatic rings. The zero-order valence-corrected chi connectivity index (χ0v) is 3.03. The van der Waals surface area contributed by atoms with Crippen LogP contribution in [0.3, 0.4) is 0 Å². The number of hydrogen-bond acceptors (Lipinski definition) is 1. The van der Waals surface area contributed by atoms with Crippen LogP contribution >= 0.6 is 8.46 Å². The summed E-state index contributed by atoms with van der Waals surface area (Å²) in [6, 6.07) is 0.236. The van der Waals surface area contributed by atoms with Gasteiger partial charge in [0.2, 0.25) is 0 Å². The van der Waals surface area contributed by atoms with E-state index in [4.69, 9.17) is 12.4 Å². The Labute approximate surface area is 35.4 Å². The van der Waals surface area contributed by atoms with E-state index in [1.54, 1.807) is 0 Å². The van der Waals surface area contributed by atoms with Crippen molar-refractivity contribution in [3.8, 4) is 0 Å². The quantitative estimate of drug-likeness (QED) is 0.345. The normalized spacial score (nSPS) is 6.40. The maximum absolute atomic E-state index is 9.15. The molecule has 0 atom stereocenters. The minimum absolute atomic E-state index is 0. The zero-order valence-electron chi connectivity index (χ0n) is 2.14. The van der Waals surface area contributed by atoms with E-state index in [1.807, 2.05) is 0 Å². The summed E-state index contributed by atoms with van der Waals surface area (Å²) in [5, 5.41) is 0. The molecule has 0 aliphatic carbocycles. The lowest BCUT2D eigenvalue weighted by Crippen LogP contribution is -1.55. The van der Waals surface area contributed by atoms with E-state index in [-0.39, 0.29) is 21.9 Å². The van der Waals surface area contributed by atoms with Crippen LogP contribution < -0.4 is 0 Å². The molecule has 0 amide bonds. The van der Waals surface area contributed by atoms with E-state index < -0.39 is 0 Å². The predicted molar refractivity (Wildman–Crippen MR) is 25.0 cm³/mol. The van der Waals surface area contributed by atoms with Gasteiger partial charge in [0.25, 0.3) is 0 Å². The lowest BCUT2D eigenvalue weighted by atomic mass is 10.2. The van der Waals surface area contributed by atoms with Crippen LogP contribution in [0.4, 0.5) is 0 Å². The fourth-order valence-corrected chi connectivity index (χ4v) is 0. The Morgan fingerprint density at radius 2 is 2.00 bits per heavy atom. The van der Waals surface area contributed by atoms with Gasteiger partial charge in [-0.25, -0.2) is 0 Å². The Kier molecular flexibility index (Phi) is 15.9. The van der Waals surface area contributed by atoms with Crippen molar-refractivity contribution in [3.63, 3.8) is 0 Å². The highest BCUT2D eigenvalue weighted by Crippen LogP contribution is 1.78. The summed E-state index contributed by atoms with van der Waals surface area (Å²) in [6.45, 7) is 0. The molecular formula is C2H6BOP. The third kappa shape index (κ3) is 14.4. The SMILES string of the molecule is C.[B]CP=O. The first kappa shape index (κ1) is 8.94. The fourth-order valence-electron chi connectivity index (χ4n) is 0. The first-order valence-electron chi connectivity index (χ1n) is 0.907. The molecule has 0 aliphatic heterocycles. The molecule has 0 rings (SSSR count). The summed E-state index contributed by atoms with van der Waals surface area (Å²) in [5.41, 5.74) is 0. The molecule has 0 heterocycles. The van der Waals surface area contributed by atoms with Gasteiger partial charge in [0, 0.05) is 0 Å². The van der Waals surface area contributed by atoms with Crippen LogP contribution in [0, 0.1) is 0 Å². The van der Waals surface area contributed by atoms with Crippen LogP contribution in [0.25, 0.3) is 0 Å². The van der Waals surface area contributed by atoms with Gasteiger partial charge < -0.3 is 0 Å². The molecule has 0 bridgehead atoms. The van der Waals surface area contributed by atoms with Gasteiger partial charge >= 0.3 is 0 Å². The number of rotatable bonds is 1. The first-order chi connectivity index (χ1) is 1.91. The van der Waals surface area contributed by atoms with Gasteiger partial charge in [-0.3, -0.25) is 4.57 Å². The van der Waals surface area contributed by atoms with Gasteiger partial charge in [0.05, 0.1) is 7.85 Å². The Morgan fingerprint density at radius 3 is 2.00 bits per heavy atom. The van der Waals surface area contributed by atoms with Crippen LogP contribution in [0.5, 0.6) is 0 Å². The summed E-state index contributed by atoms with van der Waals surface area (Å²) < 4.78 is 9.15. The molecule has 5 heavy (non-hydrogen) atoms. The second kappa shape index (κ2) is 8.90. The fraction of sp³-hybridized carbons (Fsp3) is 1.00. The van der Waals surface area contributed by atoms with E-state index in [9.17, 15) is 0 Å². The first-order valence-corrected chi connectivity index (χ1v) is 1.90. The molecule has 0 unspecified atom stereocenters. The van der Waals surface area contributed by atoms with Crippen molar-refractivity contribution in [2.45, 2.75) is 7.43 Å². The highest BCUT2D eigenvalue weighted by molar-refractivity contribution is 7.26. The molecule has 0 N–H and O–H groups in total. The second-order valence-corrected chi connectivity index (χ2v) is 0.935.